The SMILES string of the molecule is CCC1CCC2(CC1)NC(=O)N(CC(=O)Nc1ccc(I)cc1)C2=O. The summed E-state index contributed by atoms with van der Waals surface area (Å²) < 4.78 is 1.06. The third kappa shape index (κ3) is 3.80. The first kappa shape index (κ1) is 18.2. The Morgan fingerprint density at radius 1 is 1.28 bits per heavy atom. The minimum atomic E-state index is -0.800. The first-order valence-corrected chi connectivity index (χ1v) is 9.71. The maximum Gasteiger partial charge on any atom is 0.325 e. The lowest BCUT2D eigenvalue weighted by Gasteiger charge is -2.34. The highest BCUT2D eigenvalue weighted by Gasteiger charge is 2.52. The molecule has 1 saturated carbocycles. The highest BCUT2D eigenvalue weighted by atomic mass is 127. The molecule has 0 radical (unpaired) electrons. The molecule has 1 aromatic rings. The molecule has 1 spiro atoms. The minimum Gasteiger partial charge on any atom is -0.325 e. The van der Waals surface area contributed by atoms with E-state index in [4.69, 9.17) is 0 Å². The fourth-order valence-corrected chi connectivity index (χ4v) is 3.97. The summed E-state index contributed by atoms with van der Waals surface area (Å²) in [6, 6.07) is 6.88. The molecule has 1 aliphatic carbocycles. The molecule has 1 aromatic carbocycles. The molecule has 1 aliphatic heterocycles. The zero-order chi connectivity index (χ0) is 18.0. The summed E-state index contributed by atoms with van der Waals surface area (Å²) in [6.07, 6.45) is 4.29. The van der Waals surface area contributed by atoms with Crippen LogP contribution in [0.4, 0.5) is 10.5 Å². The van der Waals surface area contributed by atoms with Crippen molar-refractivity contribution in [2.75, 3.05) is 11.9 Å². The Labute approximate surface area is 160 Å². The van der Waals surface area contributed by atoms with Crippen LogP contribution in [0.5, 0.6) is 0 Å². The van der Waals surface area contributed by atoms with Gasteiger partial charge in [0, 0.05) is 9.26 Å². The molecule has 2 N–H and O–H groups in total. The Morgan fingerprint density at radius 2 is 1.92 bits per heavy atom. The number of anilines is 1. The lowest BCUT2D eigenvalue weighted by molar-refractivity contribution is -0.135. The Balaban J connectivity index is 1.63. The first-order chi connectivity index (χ1) is 11.9. The second kappa shape index (κ2) is 7.31. The summed E-state index contributed by atoms with van der Waals surface area (Å²) in [5, 5.41) is 5.58. The van der Waals surface area contributed by atoms with Crippen molar-refractivity contribution in [3.05, 3.63) is 27.8 Å². The second-order valence-electron chi connectivity index (χ2n) is 6.81. The average Bonchev–Trinajstić information content (AvgIpc) is 2.82. The summed E-state index contributed by atoms with van der Waals surface area (Å²) in [5.41, 5.74) is -0.151. The second-order valence-corrected chi connectivity index (χ2v) is 8.06. The van der Waals surface area contributed by atoms with Gasteiger partial charge in [0.15, 0.2) is 0 Å². The normalized spacial score (nSPS) is 26.0. The number of hydrogen-bond donors (Lipinski definition) is 2. The highest BCUT2D eigenvalue weighted by Crippen LogP contribution is 2.37. The van der Waals surface area contributed by atoms with Crippen molar-refractivity contribution in [1.29, 1.82) is 0 Å². The maximum atomic E-state index is 12.8. The highest BCUT2D eigenvalue weighted by molar-refractivity contribution is 14.1. The van der Waals surface area contributed by atoms with Crippen LogP contribution in [0.25, 0.3) is 0 Å². The number of carbonyl (C=O) groups excluding carboxylic acids is 3. The van der Waals surface area contributed by atoms with Gasteiger partial charge in [0.25, 0.3) is 5.91 Å². The monoisotopic (exact) mass is 455 g/mol. The van der Waals surface area contributed by atoms with E-state index in [1.54, 1.807) is 12.1 Å². The van der Waals surface area contributed by atoms with Crippen LogP contribution in [-0.2, 0) is 9.59 Å². The summed E-state index contributed by atoms with van der Waals surface area (Å²) in [6.45, 7) is 1.90. The molecule has 3 rings (SSSR count). The number of halogens is 1. The standard InChI is InChI=1S/C18H22IN3O3/c1-2-12-7-9-18(10-8-12)16(24)22(17(25)21-18)11-15(23)20-14-5-3-13(19)4-6-14/h3-6,12H,2,7-11H2,1H3,(H,20,23)(H,21,25). The fraction of sp³-hybridized carbons (Fsp3) is 0.500. The number of urea groups is 1. The molecule has 0 bridgehead atoms. The molecule has 2 fully saturated rings. The molecule has 0 atom stereocenters. The molecular formula is C18H22IN3O3. The van der Waals surface area contributed by atoms with Crippen LogP contribution in [-0.4, -0.2) is 34.8 Å². The quantitative estimate of drug-likeness (QED) is 0.541. The fourth-order valence-electron chi connectivity index (χ4n) is 3.61. The van der Waals surface area contributed by atoms with E-state index >= 15 is 0 Å². The molecule has 1 saturated heterocycles. The van der Waals surface area contributed by atoms with E-state index in [1.165, 1.54) is 0 Å². The number of nitrogens with one attached hydrogen (secondary N) is 2. The van der Waals surface area contributed by atoms with Crippen LogP contribution in [0.1, 0.15) is 39.0 Å². The number of hydrogen-bond acceptors (Lipinski definition) is 3. The van der Waals surface area contributed by atoms with Gasteiger partial charge in [-0.15, -0.1) is 0 Å². The van der Waals surface area contributed by atoms with Gasteiger partial charge in [-0.3, -0.25) is 14.5 Å². The number of rotatable bonds is 4. The van der Waals surface area contributed by atoms with Gasteiger partial charge in [0.1, 0.15) is 12.1 Å². The van der Waals surface area contributed by atoms with Crippen molar-refractivity contribution >= 4 is 46.1 Å². The van der Waals surface area contributed by atoms with E-state index < -0.39 is 11.6 Å². The summed E-state index contributed by atoms with van der Waals surface area (Å²) in [4.78, 5) is 38.3. The average molecular weight is 455 g/mol. The molecule has 4 amide bonds. The smallest absolute Gasteiger partial charge is 0.325 e. The Kier molecular flexibility index (Phi) is 5.31. The predicted molar refractivity (Wildman–Crippen MR) is 103 cm³/mol. The first-order valence-electron chi connectivity index (χ1n) is 8.63. The predicted octanol–water partition coefficient (Wildman–Crippen LogP) is 3.12. The number of carbonyl (C=O) groups is 3. The lowest BCUT2D eigenvalue weighted by atomic mass is 9.75. The maximum absolute atomic E-state index is 12.8. The summed E-state index contributed by atoms with van der Waals surface area (Å²) >= 11 is 2.18. The lowest BCUT2D eigenvalue weighted by Crippen LogP contribution is -2.49. The van der Waals surface area contributed by atoms with E-state index in [0.717, 1.165) is 27.7 Å². The number of nitrogens with zero attached hydrogens (tertiary/aromatic N) is 1. The van der Waals surface area contributed by atoms with Crippen molar-refractivity contribution in [3.8, 4) is 0 Å². The zero-order valence-corrected chi connectivity index (χ0v) is 16.3. The zero-order valence-electron chi connectivity index (χ0n) is 14.2. The number of benzene rings is 1. The number of imide groups is 1. The van der Waals surface area contributed by atoms with Gasteiger partial charge in [-0.25, -0.2) is 4.79 Å². The van der Waals surface area contributed by atoms with Crippen molar-refractivity contribution in [3.63, 3.8) is 0 Å². The van der Waals surface area contributed by atoms with Gasteiger partial charge in [0.2, 0.25) is 5.91 Å². The van der Waals surface area contributed by atoms with Gasteiger partial charge in [-0.1, -0.05) is 13.3 Å². The van der Waals surface area contributed by atoms with E-state index in [9.17, 15) is 14.4 Å². The van der Waals surface area contributed by atoms with Crippen LogP contribution >= 0.6 is 22.6 Å². The molecule has 0 unspecified atom stereocenters. The minimum absolute atomic E-state index is 0.254. The third-order valence-corrected chi connectivity index (χ3v) is 5.93. The van der Waals surface area contributed by atoms with Crippen molar-refractivity contribution in [2.24, 2.45) is 5.92 Å². The van der Waals surface area contributed by atoms with E-state index in [2.05, 4.69) is 40.1 Å². The third-order valence-electron chi connectivity index (χ3n) is 5.21. The Hall–Kier alpha value is -1.64. The van der Waals surface area contributed by atoms with Gasteiger partial charge < -0.3 is 10.6 Å². The van der Waals surface area contributed by atoms with E-state index in [0.29, 0.717) is 24.4 Å². The molecule has 2 aliphatic rings. The molecule has 1 heterocycles. The van der Waals surface area contributed by atoms with Gasteiger partial charge in [-0.2, -0.15) is 0 Å². The van der Waals surface area contributed by atoms with E-state index in [1.807, 2.05) is 12.1 Å². The van der Waals surface area contributed by atoms with Crippen molar-refractivity contribution in [1.82, 2.24) is 10.2 Å². The molecule has 134 valence electrons. The summed E-state index contributed by atoms with van der Waals surface area (Å²) in [5.74, 6) is -0.0117. The Morgan fingerprint density at radius 3 is 2.52 bits per heavy atom. The molecular weight excluding hydrogens is 433 g/mol. The van der Waals surface area contributed by atoms with Crippen LogP contribution < -0.4 is 10.6 Å². The summed E-state index contributed by atoms with van der Waals surface area (Å²) in [7, 11) is 0. The molecule has 6 nitrogen and oxygen atoms in total. The largest absolute Gasteiger partial charge is 0.325 e. The van der Waals surface area contributed by atoms with Crippen molar-refractivity contribution in [2.45, 2.75) is 44.6 Å². The molecule has 0 aromatic heterocycles. The van der Waals surface area contributed by atoms with Crippen molar-refractivity contribution < 1.29 is 14.4 Å². The van der Waals surface area contributed by atoms with Crippen LogP contribution in [0, 0.1) is 9.49 Å². The Bertz CT molecular complexity index is 681. The van der Waals surface area contributed by atoms with Gasteiger partial charge in [-0.05, 0) is 78.5 Å². The van der Waals surface area contributed by atoms with E-state index in [-0.39, 0.29) is 18.4 Å². The van der Waals surface area contributed by atoms with Gasteiger partial charge in [0.05, 0.1) is 0 Å². The van der Waals surface area contributed by atoms with Crippen LogP contribution in [0.3, 0.4) is 0 Å². The molecule has 7 heteroatoms. The molecule has 25 heavy (non-hydrogen) atoms. The van der Waals surface area contributed by atoms with Crippen LogP contribution in [0.15, 0.2) is 24.3 Å². The topological polar surface area (TPSA) is 78.5 Å². The van der Waals surface area contributed by atoms with Gasteiger partial charge >= 0.3 is 6.03 Å². The number of amides is 4. The van der Waals surface area contributed by atoms with Crippen LogP contribution in [0.2, 0.25) is 0 Å².